The SMILES string of the molecule is COCCN(c1nc(N)nc(-n2cncn2)n1)C(C)C. The summed E-state index contributed by atoms with van der Waals surface area (Å²) >= 11 is 0. The van der Waals surface area contributed by atoms with Crippen LogP contribution in [0.4, 0.5) is 11.9 Å². The quantitative estimate of drug-likeness (QED) is 0.780. The highest BCUT2D eigenvalue weighted by Gasteiger charge is 2.16. The minimum Gasteiger partial charge on any atom is -0.383 e. The van der Waals surface area contributed by atoms with Crippen LogP contribution in [-0.2, 0) is 4.74 Å². The van der Waals surface area contributed by atoms with E-state index in [-0.39, 0.29) is 12.0 Å². The third kappa shape index (κ3) is 3.18. The molecule has 0 bridgehead atoms. The Morgan fingerprint density at radius 2 is 2.15 bits per heavy atom. The standard InChI is InChI=1S/C11H18N8O/c1-8(2)18(4-5-20-3)10-15-9(12)16-11(17-10)19-7-13-6-14-19/h6-8H,4-5H2,1-3H3,(H2,12,15,16,17). The predicted octanol–water partition coefficient (Wildman–Crippen LogP) is -0.104. The molecule has 2 N–H and O–H groups in total. The average Bonchev–Trinajstić information content (AvgIpc) is 2.92. The van der Waals surface area contributed by atoms with Crippen molar-refractivity contribution in [1.82, 2.24) is 29.7 Å². The first-order valence-corrected chi connectivity index (χ1v) is 6.24. The summed E-state index contributed by atoms with van der Waals surface area (Å²) in [5.41, 5.74) is 5.75. The lowest BCUT2D eigenvalue weighted by Gasteiger charge is -2.26. The van der Waals surface area contributed by atoms with Gasteiger partial charge in [0.15, 0.2) is 0 Å². The van der Waals surface area contributed by atoms with E-state index >= 15 is 0 Å². The lowest BCUT2D eigenvalue weighted by atomic mass is 10.3. The minimum absolute atomic E-state index is 0.142. The molecule has 0 amide bonds. The van der Waals surface area contributed by atoms with Gasteiger partial charge in [0.05, 0.1) is 6.61 Å². The van der Waals surface area contributed by atoms with E-state index in [1.807, 2.05) is 18.7 Å². The summed E-state index contributed by atoms with van der Waals surface area (Å²) in [6.07, 6.45) is 2.91. The molecule has 2 rings (SSSR count). The molecular formula is C11H18N8O. The molecule has 2 aromatic rings. The second kappa shape index (κ2) is 6.24. The summed E-state index contributed by atoms with van der Waals surface area (Å²) in [5.74, 6) is 0.978. The Hall–Kier alpha value is -2.29. The van der Waals surface area contributed by atoms with Crippen LogP contribution in [0.15, 0.2) is 12.7 Å². The van der Waals surface area contributed by atoms with E-state index in [4.69, 9.17) is 10.5 Å². The Morgan fingerprint density at radius 1 is 1.35 bits per heavy atom. The summed E-state index contributed by atoms with van der Waals surface area (Å²) in [4.78, 5) is 18.5. The molecule has 0 fully saturated rings. The fourth-order valence-corrected chi connectivity index (χ4v) is 1.69. The van der Waals surface area contributed by atoms with Crippen molar-refractivity contribution in [3.63, 3.8) is 0 Å². The van der Waals surface area contributed by atoms with Gasteiger partial charge in [0.25, 0.3) is 5.95 Å². The average molecular weight is 278 g/mol. The number of aromatic nitrogens is 6. The smallest absolute Gasteiger partial charge is 0.258 e. The number of anilines is 2. The van der Waals surface area contributed by atoms with Gasteiger partial charge in [0, 0.05) is 19.7 Å². The number of rotatable bonds is 6. The van der Waals surface area contributed by atoms with Gasteiger partial charge < -0.3 is 15.4 Å². The van der Waals surface area contributed by atoms with Crippen molar-refractivity contribution in [3.8, 4) is 5.95 Å². The lowest BCUT2D eigenvalue weighted by Crippen LogP contribution is -2.35. The Bertz CT molecular complexity index is 541. The van der Waals surface area contributed by atoms with E-state index in [0.29, 0.717) is 25.0 Å². The van der Waals surface area contributed by atoms with Gasteiger partial charge in [-0.2, -0.15) is 24.7 Å². The fourth-order valence-electron chi connectivity index (χ4n) is 1.69. The van der Waals surface area contributed by atoms with Crippen LogP contribution in [0.5, 0.6) is 0 Å². The third-order valence-corrected chi connectivity index (χ3v) is 2.67. The molecule has 20 heavy (non-hydrogen) atoms. The second-order valence-corrected chi connectivity index (χ2v) is 4.41. The highest BCUT2D eigenvalue weighted by atomic mass is 16.5. The van der Waals surface area contributed by atoms with Gasteiger partial charge in [0.1, 0.15) is 12.7 Å². The number of methoxy groups -OCH3 is 1. The summed E-state index contributed by atoms with van der Waals surface area (Å²) in [5, 5.41) is 3.99. The molecule has 108 valence electrons. The van der Waals surface area contributed by atoms with Crippen molar-refractivity contribution in [2.24, 2.45) is 0 Å². The second-order valence-electron chi connectivity index (χ2n) is 4.41. The molecule has 0 aromatic carbocycles. The number of ether oxygens (including phenoxy) is 1. The van der Waals surface area contributed by atoms with E-state index in [1.165, 1.54) is 17.3 Å². The first kappa shape index (κ1) is 14.1. The number of nitrogen functional groups attached to an aromatic ring is 1. The van der Waals surface area contributed by atoms with Crippen molar-refractivity contribution in [1.29, 1.82) is 0 Å². The maximum absolute atomic E-state index is 5.75. The summed E-state index contributed by atoms with van der Waals surface area (Å²) < 4.78 is 6.55. The van der Waals surface area contributed by atoms with Gasteiger partial charge in [-0.25, -0.2) is 4.98 Å². The predicted molar refractivity (Wildman–Crippen MR) is 73.5 cm³/mol. The van der Waals surface area contributed by atoms with Crippen LogP contribution < -0.4 is 10.6 Å². The first-order valence-electron chi connectivity index (χ1n) is 6.24. The zero-order valence-electron chi connectivity index (χ0n) is 11.8. The highest BCUT2D eigenvalue weighted by Crippen LogP contribution is 2.13. The number of nitrogens with two attached hydrogens (primary N) is 1. The molecule has 0 aliphatic rings. The Kier molecular flexibility index (Phi) is 4.41. The molecule has 9 heteroatoms. The topological polar surface area (TPSA) is 108 Å². The molecule has 2 heterocycles. The molecular weight excluding hydrogens is 260 g/mol. The van der Waals surface area contributed by atoms with Gasteiger partial charge in [0.2, 0.25) is 11.9 Å². The van der Waals surface area contributed by atoms with Crippen molar-refractivity contribution in [2.45, 2.75) is 19.9 Å². The van der Waals surface area contributed by atoms with Crippen molar-refractivity contribution in [2.75, 3.05) is 30.9 Å². The van der Waals surface area contributed by atoms with Crippen LogP contribution in [0.1, 0.15) is 13.8 Å². The van der Waals surface area contributed by atoms with Crippen LogP contribution >= 0.6 is 0 Å². The molecule has 0 aliphatic carbocycles. The van der Waals surface area contributed by atoms with E-state index in [2.05, 4.69) is 25.0 Å². The van der Waals surface area contributed by atoms with Crippen molar-refractivity contribution in [3.05, 3.63) is 12.7 Å². The molecule has 0 unspecified atom stereocenters. The minimum atomic E-state index is 0.142. The van der Waals surface area contributed by atoms with Crippen molar-refractivity contribution < 1.29 is 4.74 Å². The van der Waals surface area contributed by atoms with Crippen LogP contribution in [0, 0.1) is 0 Å². The largest absolute Gasteiger partial charge is 0.383 e. The van der Waals surface area contributed by atoms with E-state index in [1.54, 1.807) is 7.11 Å². The molecule has 0 atom stereocenters. The highest BCUT2D eigenvalue weighted by molar-refractivity contribution is 5.38. The molecule has 0 saturated heterocycles. The molecule has 0 radical (unpaired) electrons. The van der Waals surface area contributed by atoms with Crippen LogP contribution in [0.3, 0.4) is 0 Å². The van der Waals surface area contributed by atoms with Gasteiger partial charge in [-0.05, 0) is 13.8 Å². The maximum atomic E-state index is 5.75. The van der Waals surface area contributed by atoms with Gasteiger partial charge in [-0.1, -0.05) is 0 Å². The third-order valence-electron chi connectivity index (χ3n) is 2.67. The zero-order valence-corrected chi connectivity index (χ0v) is 11.8. The lowest BCUT2D eigenvalue weighted by molar-refractivity contribution is 0.203. The molecule has 0 spiro atoms. The summed E-state index contributed by atoms with van der Waals surface area (Å²) in [6, 6.07) is 0.204. The normalized spacial score (nSPS) is 11.0. The first-order chi connectivity index (χ1) is 9.61. The van der Waals surface area contributed by atoms with Crippen molar-refractivity contribution >= 4 is 11.9 Å². The molecule has 0 saturated carbocycles. The van der Waals surface area contributed by atoms with Gasteiger partial charge >= 0.3 is 0 Å². The molecule has 2 aromatic heterocycles. The summed E-state index contributed by atoms with van der Waals surface area (Å²) in [7, 11) is 1.65. The maximum Gasteiger partial charge on any atom is 0.258 e. The number of hydrogen-bond acceptors (Lipinski definition) is 8. The fraction of sp³-hybridized carbons (Fsp3) is 0.545. The van der Waals surface area contributed by atoms with Gasteiger partial charge in [-0.15, -0.1) is 0 Å². The Balaban J connectivity index is 2.34. The Morgan fingerprint density at radius 3 is 2.75 bits per heavy atom. The summed E-state index contributed by atoms with van der Waals surface area (Å²) in [6.45, 7) is 5.33. The van der Waals surface area contributed by atoms with E-state index in [9.17, 15) is 0 Å². The molecule has 0 aliphatic heterocycles. The molecule has 9 nitrogen and oxygen atoms in total. The van der Waals surface area contributed by atoms with Gasteiger partial charge in [-0.3, -0.25) is 0 Å². The van der Waals surface area contributed by atoms with Crippen LogP contribution in [-0.4, -0.2) is 56.0 Å². The van der Waals surface area contributed by atoms with Crippen LogP contribution in [0.25, 0.3) is 5.95 Å². The monoisotopic (exact) mass is 278 g/mol. The number of nitrogens with zero attached hydrogens (tertiary/aromatic N) is 7. The zero-order chi connectivity index (χ0) is 14.5. The Labute approximate surface area is 116 Å². The number of hydrogen-bond donors (Lipinski definition) is 1. The van der Waals surface area contributed by atoms with E-state index in [0.717, 1.165) is 0 Å². The van der Waals surface area contributed by atoms with Crippen LogP contribution in [0.2, 0.25) is 0 Å². The van der Waals surface area contributed by atoms with E-state index < -0.39 is 0 Å².